The summed E-state index contributed by atoms with van der Waals surface area (Å²) < 4.78 is 10.8. The fourth-order valence-corrected chi connectivity index (χ4v) is 3.96. The Hall–Kier alpha value is -3.12. The molecule has 3 aromatic rings. The van der Waals surface area contributed by atoms with Gasteiger partial charge in [0.05, 0.1) is 31.5 Å². The van der Waals surface area contributed by atoms with Crippen molar-refractivity contribution in [1.29, 1.82) is 0 Å². The monoisotopic (exact) mass is 423 g/mol. The number of pyridine rings is 1. The molecular weight excluding hydrogens is 402 g/mol. The highest BCUT2D eigenvalue weighted by atomic mass is 35.5. The number of ether oxygens (including phenoxy) is 2. The molecule has 2 heterocycles. The largest absolute Gasteiger partial charge is 0.497 e. The number of nitrogens with zero attached hydrogens (tertiary/aromatic N) is 3. The number of fused-ring (bicyclic) bond motifs is 1. The first-order valence-corrected chi connectivity index (χ1v) is 10.1. The van der Waals surface area contributed by atoms with Gasteiger partial charge in [0.25, 0.3) is 0 Å². The molecule has 6 nitrogen and oxygen atoms in total. The third-order valence-electron chi connectivity index (χ3n) is 5.25. The van der Waals surface area contributed by atoms with Gasteiger partial charge in [-0.15, -0.1) is 0 Å². The van der Waals surface area contributed by atoms with Crippen LogP contribution in [0, 0.1) is 0 Å². The standard InChI is InChI=1S/C23H22ClN3O3/c1-4-22(28)27-20(13-19(26-27)16-7-5-6-8-21(16)30-3)17-11-14-9-10-15(29-2)12-18(14)25-23(17)24/h5-12,20H,4,13H2,1-3H3/t20-/m0/s1. The molecule has 1 atom stereocenters. The van der Waals surface area contributed by atoms with Crippen LogP contribution >= 0.6 is 11.6 Å². The summed E-state index contributed by atoms with van der Waals surface area (Å²) in [6, 6.07) is 15.0. The van der Waals surface area contributed by atoms with Crippen molar-refractivity contribution < 1.29 is 14.3 Å². The van der Waals surface area contributed by atoms with Crippen LogP contribution < -0.4 is 9.47 Å². The van der Waals surface area contributed by atoms with Gasteiger partial charge >= 0.3 is 0 Å². The number of para-hydroxylation sites is 1. The summed E-state index contributed by atoms with van der Waals surface area (Å²) in [5.41, 5.74) is 3.15. The minimum absolute atomic E-state index is 0.0733. The molecule has 7 heteroatoms. The Morgan fingerprint density at radius 3 is 2.70 bits per heavy atom. The molecule has 0 spiro atoms. The Balaban J connectivity index is 1.78. The minimum Gasteiger partial charge on any atom is -0.497 e. The molecule has 0 N–H and O–H groups in total. The first-order valence-electron chi connectivity index (χ1n) is 9.72. The van der Waals surface area contributed by atoms with Gasteiger partial charge < -0.3 is 9.47 Å². The average Bonchev–Trinajstić information content (AvgIpc) is 3.22. The first kappa shape index (κ1) is 20.2. The summed E-state index contributed by atoms with van der Waals surface area (Å²) in [4.78, 5) is 17.2. The molecule has 0 radical (unpaired) electrons. The average molecular weight is 424 g/mol. The van der Waals surface area contributed by atoms with Crippen LogP contribution in [0.15, 0.2) is 53.6 Å². The van der Waals surface area contributed by atoms with Gasteiger partial charge in [-0.05, 0) is 30.3 Å². The second kappa shape index (κ2) is 8.32. The van der Waals surface area contributed by atoms with Crippen LogP contribution in [0.4, 0.5) is 0 Å². The van der Waals surface area contributed by atoms with Crippen molar-refractivity contribution in [2.24, 2.45) is 5.10 Å². The van der Waals surface area contributed by atoms with E-state index in [1.807, 2.05) is 55.5 Å². The smallest absolute Gasteiger partial charge is 0.242 e. The topological polar surface area (TPSA) is 64.0 Å². The van der Waals surface area contributed by atoms with Gasteiger partial charge in [-0.3, -0.25) is 4.79 Å². The van der Waals surface area contributed by atoms with Crippen LogP contribution in [0.2, 0.25) is 5.15 Å². The molecule has 1 aliphatic rings. The van der Waals surface area contributed by atoms with Crippen molar-refractivity contribution >= 4 is 34.1 Å². The number of hydrogen-bond acceptors (Lipinski definition) is 5. The Bertz CT molecular complexity index is 1150. The van der Waals surface area contributed by atoms with Crippen LogP contribution in [-0.4, -0.2) is 35.8 Å². The molecule has 0 fully saturated rings. The summed E-state index contributed by atoms with van der Waals surface area (Å²) in [5.74, 6) is 1.36. The lowest BCUT2D eigenvalue weighted by Gasteiger charge is -2.22. The lowest BCUT2D eigenvalue weighted by molar-refractivity contribution is -0.132. The highest BCUT2D eigenvalue weighted by Crippen LogP contribution is 2.39. The lowest BCUT2D eigenvalue weighted by Crippen LogP contribution is -2.26. The zero-order chi connectivity index (χ0) is 21.3. The number of halogens is 1. The van der Waals surface area contributed by atoms with E-state index < -0.39 is 0 Å². The van der Waals surface area contributed by atoms with E-state index in [4.69, 9.17) is 21.1 Å². The van der Waals surface area contributed by atoms with E-state index in [0.717, 1.165) is 33.5 Å². The van der Waals surface area contributed by atoms with Crippen molar-refractivity contribution in [3.8, 4) is 11.5 Å². The number of aromatic nitrogens is 1. The van der Waals surface area contributed by atoms with Gasteiger partial charge in [-0.2, -0.15) is 5.10 Å². The number of carbonyl (C=O) groups excluding carboxylic acids is 1. The summed E-state index contributed by atoms with van der Waals surface area (Å²) in [7, 11) is 3.24. The van der Waals surface area contributed by atoms with Crippen molar-refractivity contribution in [2.45, 2.75) is 25.8 Å². The van der Waals surface area contributed by atoms with Crippen molar-refractivity contribution in [2.75, 3.05) is 14.2 Å². The Morgan fingerprint density at radius 1 is 1.17 bits per heavy atom. The lowest BCUT2D eigenvalue weighted by atomic mass is 9.97. The van der Waals surface area contributed by atoms with Gasteiger partial charge in [0.2, 0.25) is 5.91 Å². The van der Waals surface area contributed by atoms with Crippen molar-refractivity contribution in [3.05, 3.63) is 64.8 Å². The third kappa shape index (κ3) is 3.59. The fourth-order valence-electron chi connectivity index (χ4n) is 3.69. The number of hydrogen-bond donors (Lipinski definition) is 0. The number of carbonyl (C=O) groups is 1. The minimum atomic E-state index is -0.330. The molecule has 0 bridgehead atoms. The molecule has 0 saturated heterocycles. The second-order valence-electron chi connectivity index (χ2n) is 6.99. The van der Waals surface area contributed by atoms with E-state index in [2.05, 4.69) is 10.1 Å². The van der Waals surface area contributed by atoms with Crippen LogP contribution in [0.1, 0.15) is 36.9 Å². The first-order chi connectivity index (χ1) is 14.5. The normalized spacial score (nSPS) is 15.9. The maximum Gasteiger partial charge on any atom is 0.242 e. The Kier molecular flexibility index (Phi) is 5.59. The predicted molar refractivity (Wildman–Crippen MR) is 117 cm³/mol. The molecule has 1 aromatic heterocycles. The molecule has 1 aliphatic heterocycles. The van der Waals surface area contributed by atoms with Gasteiger partial charge in [-0.1, -0.05) is 30.7 Å². The molecule has 0 aliphatic carbocycles. The van der Waals surface area contributed by atoms with E-state index >= 15 is 0 Å². The third-order valence-corrected chi connectivity index (χ3v) is 5.55. The Labute approximate surface area is 180 Å². The molecule has 30 heavy (non-hydrogen) atoms. The van der Waals surface area contributed by atoms with E-state index in [1.54, 1.807) is 14.2 Å². The SMILES string of the molecule is CCC(=O)N1N=C(c2ccccc2OC)C[C@H]1c1cc2ccc(OC)cc2nc1Cl. The molecule has 2 aromatic carbocycles. The maximum absolute atomic E-state index is 12.7. The zero-order valence-electron chi connectivity index (χ0n) is 17.1. The Morgan fingerprint density at radius 2 is 1.97 bits per heavy atom. The van der Waals surface area contributed by atoms with Crippen LogP contribution in [-0.2, 0) is 4.79 Å². The second-order valence-corrected chi connectivity index (χ2v) is 7.34. The number of amides is 1. The van der Waals surface area contributed by atoms with Gasteiger partial charge in [0.15, 0.2) is 0 Å². The molecule has 154 valence electrons. The number of benzene rings is 2. The maximum atomic E-state index is 12.7. The zero-order valence-corrected chi connectivity index (χ0v) is 17.8. The molecule has 0 saturated carbocycles. The van der Waals surface area contributed by atoms with Crippen LogP contribution in [0.25, 0.3) is 10.9 Å². The van der Waals surface area contributed by atoms with E-state index in [0.29, 0.717) is 23.7 Å². The van der Waals surface area contributed by atoms with E-state index in [-0.39, 0.29) is 11.9 Å². The molecule has 0 unspecified atom stereocenters. The molecule has 4 rings (SSSR count). The summed E-state index contributed by atoms with van der Waals surface area (Å²) in [6.45, 7) is 1.82. The fraction of sp³-hybridized carbons (Fsp3) is 0.261. The number of hydrazone groups is 1. The molecular formula is C23H22ClN3O3. The highest BCUT2D eigenvalue weighted by molar-refractivity contribution is 6.30. The van der Waals surface area contributed by atoms with Crippen LogP contribution in [0.5, 0.6) is 11.5 Å². The van der Waals surface area contributed by atoms with Gasteiger partial charge in [0.1, 0.15) is 16.7 Å². The quantitative estimate of drug-likeness (QED) is 0.542. The summed E-state index contributed by atoms with van der Waals surface area (Å²) >= 11 is 6.58. The van der Waals surface area contributed by atoms with Crippen molar-refractivity contribution in [3.63, 3.8) is 0 Å². The van der Waals surface area contributed by atoms with Crippen LogP contribution in [0.3, 0.4) is 0 Å². The van der Waals surface area contributed by atoms with Gasteiger partial charge in [-0.25, -0.2) is 9.99 Å². The predicted octanol–water partition coefficient (Wildman–Crippen LogP) is 4.99. The molecule has 1 amide bonds. The number of rotatable bonds is 5. The summed E-state index contributed by atoms with van der Waals surface area (Å²) in [5, 5.41) is 7.46. The van der Waals surface area contributed by atoms with Gasteiger partial charge in [0, 0.05) is 35.4 Å². The number of methoxy groups -OCH3 is 2. The van der Waals surface area contributed by atoms with E-state index in [1.165, 1.54) is 5.01 Å². The van der Waals surface area contributed by atoms with E-state index in [9.17, 15) is 4.79 Å². The van der Waals surface area contributed by atoms with Crippen molar-refractivity contribution in [1.82, 2.24) is 9.99 Å². The summed E-state index contributed by atoms with van der Waals surface area (Å²) in [6.07, 6.45) is 0.865. The highest BCUT2D eigenvalue weighted by Gasteiger charge is 2.35.